The van der Waals surface area contributed by atoms with Crippen LogP contribution in [0.15, 0.2) is 4.90 Å². The van der Waals surface area contributed by atoms with Crippen LogP contribution >= 0.6 is 11.8 Å². The topological polar surface area (TPSA) is 47.6 Å². The summed E-state index contributed by atoms with van der Waals surface area (Å²) >= 11 is 0.883. The fourth-order valence-corrected chi connectivity index (χ4v) is 2.43. The average molecular weight is 270 g/mol. The lowest BCUT2D eigenvalue weighted by molar-refractivity contribution is 0.472. The van der Waals surface area contributed by atoms with E-state index in [1.807, 2.05) is 6.92 Å². The molecule has 18 heavy (non-hydrogen) atoms. The van der Waals surface area contributed by atoms with Crippen molar-refractivity contribution in [2.24, 2.45) is 0 Å². The van der Waals surface area contributed by atoms with E-state index in [1.165, 1.54) is 12.1 Å². The van der Waals surface area contributed by atoms with Gasteiger partial charge in [-0.2, -0.15) is 10.5 Å². The molecule has 0 aliphatic heterocycles. The van der Waals surface area contributed by atoms with Gasteiger partial charge in [-0.05, 0) is 12.2 Å². The highest BCUT2D eigenvalue weighted by molar-refractivity contribution is 7.99. The van der Waals surface area contributed by atoms with Crippen molar-refractivity contribution in [3.8, 4) is 12.1 Å². The summed E-state index contributed by atoms with van der Waals surface area (Å²) in [6.07, 6.45) is 1.58. The van der Waals surface area contributed by atoms with Gasteiger partial charge in [0.2, 0.25) is 0 Å². The fraction of sp³-hybridized carbons (Fsp3) is 0.333. The molecule has 6 heteroatoms. The maximum absolute atomic E-state index is 13.6. The van der Waals surface area contributed by atoms with Gasteiger partial charge < -0.3 is 0 Å². The van der Waals surface area contributed by atoms with E-state index in [0.29, 0.717) is 5.75 Å². The minimum atomic E-state index is -1.53. The van der Waals surface area contributed by atoms with Crippen LogP contribution in [0, 0.1) is 40.1 Å². The molecule has 0 unspecified atom stereocenters. The maximum Gasteiger partial charge on any atom is 0.180 e. The number of rotatable bonds is 4. The highest BCUT2D eigenvalue weighted by Gasteiger charge is 2.25. The average Bonchev–Trinajstić information content (AvgIpc) is 2.36. The van der Waals surface area contributed by atoms with Crippen LogP contribution in [0.5, 0.6) is 0 Å². The van der Waals surface area contributed by atoms with E-state index in [1.54, 1.807) is 0 Å². The first-order valence-corrected chi connectivity index (χ1v) is 6.20. The van der Waals surface area contributed by atoms with Crippen molar-refractivity contribution in [2.75, 3.05) is 5.75 Å². The third kappa shape index (κ3) is 2.60. The van der Waals surface area contributed by atoms with Crippen LogP contribution in [0.1, 0.15) is 30.9 Å². The van der Waals surface area contributed by atoms with Gasteiger partial charge in [-0.3, -0.25) is 0 Å². The Morgan fingerprint density at radius 3 is 2.11 bits per heavy atom. The van der Waals surface area contributed by atoms with Crippen LogP contribution in [-0.4, -0.2) is 5.75 Å². The quantitative estimate of drug-likeness (QED) is 0.475. The van der Waals surface area contributed by atoms with E-state index in [-0.39, 0.29) is 4.90 Å². The molecule has 1 rings (SSSR count). The third-order valence-electron chi connectivity index (χ3n) is 2.25. The summed E-state index contributed by atoms with van der Waals surface area (Å²) in [7, 11) is 0. The smallest absolute Gasteiger partial charge is 0.180 e. The normalized spacial score (nSPS) is 9.89. The maximum atomic E-state index is 13.6. The van der Waals surface area contributed by atoms with Crippen LogP contribution in [0.3, 0.4) is 0 Å². The number of nitrogens with zero attached hydrogens (tertiary/aromatic N) is 2. The minimum Gasteiger partial charge on any atom is -0.204 e. The first-order chi connectivity index (χ1) is 8.58. The molecular formula is C12H9F3N2S. The predicted molar refractivity (Wildman–Crippen MR) is 61.4 cm³/mol. The number of thioether (sulfide) groups is 1. The van der Waals surface area contributed by atoms with Gasteiger partial charge in [0.05, 0.1) is 4.90 Å². The van der Waals surface area contributed by atoms with Gasteiger partial charge in [-0.15, -0.1) is 11.8 Å². The molecule has 2 nitrogen and oxygen atoms in total. The van der Waals surface area contributed by atoms with Crippen molar-refractivity contribution in [2.45, 2.75) is 24.7 Å². The Kier molecular flexibility index (Phi) is 5.06. The summed E-state index contributed by atoms with van der Waals surface area (Å²) in [5.74, 6) is -3.70. The summed E-state index contributed by atoms with van der Waals surface area (Å²) in [6, 6.07) is 2.70. The van der Waals surface area contributed by atoms with Crippen LogP contribution < -0.4 is 0 Å². The fourth-order valence-electron chi connectivity index (χ4n) is 1.29. The summed E-state index contributed by atoms with van der Waals surface area (Å²) < 4.78 is 40.6. The molecule has 0 amide bonds. The predicted octanol–water partition coefficient (Wildman–Crippen LogP) is 3.74. The first-order valence-electron chi connectivity index (χ1n) is 5.21. The highest BCUT2D eigenvalue weighted by atomic mass is 32.2. The summed E-state index contributed by atoms with van der Waals surface area (Å²) in [5.41, 5.74) is -1.66. The SMILES string of the molecule is CCCCSc1c(F)c(F)c(C#N)c(F)c1C#N. The number of unbranched alkanes of at least 4 members (excludes halogenated alkanes) is 1. The number of halogens is 3. The van der Waals surface area contributed by atoms with Crippen molar-refractivity contribution >= 4 is 11.8 Å². The molecular weight excluding hydrogens is 261 g/mol. The van der Waals surface area contributed by atoms with Crippen LogP contribution in [0.4, 0.5) is 13.2 Å². The Hall–Kier alpha value is -1.66. The summed E-state index contributed by atoms with van der Waals surface area (Å²) in [4.78, 5) is -0.361. The van der Waals surface area contributed by atoms with E-state index in [4.69, 9.17) is 10.5 Å². The second kappa shape index (κ2) is 6.32. The molecule has 0 saturated heterocycles. The zero-order valence-corrected chi connectivity index (χ0v) is 10.4. The minimum absolute atomic E-state index is 0.361. The van der Waals surface area contributed by atoms with Gasteiger partial charge in [-0.1, -0.05) is 13.3 Å². The number of benzene rings is 1. The van der Waals surface area contributed by atoms with Gasteiger partial charge in [0.25, 0.3) is 0 Å². The Morgan fingerprint density at radius 2 is 1.61 bits per heavy atom. The van der Waals surface area contributed by atoms with Crippen LogP contribution in [0.2, 0.25) is 0 Å². The molecule has 94 valence electrons. The molecule has 0 spiro atoms. The molecule has 1 aromatic carbocycles. The molecule has 0 N–H and O–H groups in total. The highest BCUT2D eigenvalue weighted by Crippen LogP contribution is 2.32. The van der Waals surface area contributed by atoms with Gasteiger partial charge in [-0.25, -0.2) is 13.2 Å². The lowest BCUT2D eigenvalue weighted by atomic mass is 10.1. The molecule has 0 aliphatic carbocycles. The van der Waals surface area contributed by atoms with Crippen molar-refractivity contribution < 1.29 is 13.2 Å². The Labute approximate surface area is 107 Å². The van der Waals surface area contributed by atoms with Crippen molar-refractivity contribution in [1.29, 1.82) is 10.5 Å². The van der Waals surface area contributed by atoms with E-state index in [2.05, 4.69) is 0 Å². The molecule has 0 aromatic heterocycles. The van der Waals surface area contributed by atoms with Crippen LogP contribution in [-0.2, 0) is 0 Å². The van der Waals surface area contributed by atoms with E-state index in [0.717, 1.165) is 24.6 Å². The molecule has 0 saturated carbocycles. The van der Waals surface area contributed by atoms with Crippen molar-refractivity contribution in [1.82, 2.24) is 0 Å². The second-order valence-electron chi connectivity index (χ2n) is 3.45. The first kappa shape index (κ1) is 14.4. The summed E-state index contributed by atoms with van der Waals surface area (Å²) in [5, 5.41) is 17.3. The van der Waals surface area contributed by atoms with Gasteiger partial charge in [0.1, 0.15) is 23.3 Å². The number of hydrogen-bond donors (Lipinski definition) is 0. The second-order valence-corrected chi connectivity index (χ2v) is 4.55. The molecule has 0 bridgehead atoms. The standard InChI is InChI=1S/C12H9F3N2S/c1-2-3-4-18-12-8(6-17)9(13)7(5-16)10(14)11(12)15/h2-4H2,1H3. The monoisotopic (exact) mass is 270 g/mol. The number of hydrogen-bond acceptors (Lipinski definition) is 3. The summed E-state index contributed by atoms with van der Waals surface area (Å²) in [6.45, 7) is 1.92. The third-order valence-corrected chi connectivity index (χ3v) is 3.41. The Bertz CT molecular complexity index is 544. The molecule has 0 fully saturated rings. The van der Waals surface area contributed by atoms with E-state index < -0.39 is 28.6 Å². The molecule has 0 radical (unpaired) electrons. The Morgan fingerprint density at radius 1 is 1.00 bits per heavy atom. The van der Waals surface area contributed by atoms with Crippen molar-refractivity contribution in [3.05, 3.63) is 28.6 Å². The molecule has 1 aromatic rings. The molecule has 0 aliphatic rings. The molecule has 0 atom stereocenters. The largest absolute Gasteiger partial charge is 0.204 e. The van der Waals surface area contributed by atoms with Gasteiger partial charge >= 0.3 is 0 Å². The Balaban J connectivity index is 3.34. The molecule has 0 heterocycles. The van der Waals surface area contributed by atoms with E-state index in [9.17, 15) is 13.2 Å². The zero-order valence-electron chi connectivity index (χ0n) is 9.56. The van der Waals surface area contributed by atoms with Crippen molar-refractivity contribution in [3.63, 3.8) is 0 Å². The number of nitriles is 2. The lowest BCUT2D eigenvalue weighted by Gasteiger charge is -2.08. The lowest BCUT2D eigenvalue weighted by Crippen LogP contribution is -2.03. The zero-order chi connectivity index (χ0) is 13.7. The van der Waals surface area contributed by atoms with Gasteiger partial charge in [0, 0.05) is 0 Å². The van der Waals surface area contributed by atoms with Crippen LogP contribution in [0.25, 0.3) is 0 Å². The van der Waals surface area contributed by atoms with Gasteiger partial charge in [0.15, 0.2) is 17.5 Å². The van der Waals surface area contributed by atoms with E-state index >= 15 is 0 Å².